The minimum atomic E-state index is -4.26. The number of hydrogen-bond acceptors (Lipinski definition) is 1. The van der Waals surface area contributed by atoms with Crippen molar-refractivity contribution in [3.8, 4) is 0 Å². The van der Waals surface area contributed by atoms with Crippen LogP contribution in [-0.4, -0.2) is 5.54 Å². The van der Waals surface area contributed by atoms with Crippen molar-refractivity contribution in [3.63, 3.8) is 0 Å². The molecule has 0 unspecified atom stereocenters. The molecule has 4 fully saturated rings. The van der Waals surface area contributed by atoms with Gasteiger partial charge in [-0.15, -0.1) is 0 Å². The summed E-state index contributed by atoms with van der Waals surface area (Å²) in [6.07, 6.45) is 3.26. The van der Waals surface area contributed by atoms with Gasteiger partial charge in [-0.2, -0.15) is 13.2 Å². The maximum absolute atomic E-state index is 13.1. The van der Waals surface area contributed by atoms with E-state index in [0.29, 0.717) is 12.1 Å². The molecule has 4 bridgehead atoms. The van der Waals surface area contributed by atoms with Gasteiger partial charge in [0, 0.05) is 12.1 Å². The van der Waals surface area contributed by atoms with Crippen molar-refractivity contribution >= 4 is 0 Å². The van der Waals surface area contributed by atoms with E-state index in [9.17, 15) is 13.2 Å². The van der Waals surface area contributed by atoms with E-state index in [1.807, 2.05) is 0 Å². The Morgan fingerprint density at radius 2 is 1.50 bits per heavy atom. The van der Waals surface area contributed by atoms with Gasteiger partial charge in [0.05, 0.1) is 5.56 Å². The summed E-state index contributed by atoms with van der Waals surface area (Å²) >= 11 is 0. The Bertz CT molecular complexity index is 528. The lowest BCUT2D eigenvalue weighted by Crippen LogP contribution is -2.58. The number of rotatable bonds is 3. The minimum Gasteiger partial charge on any atom is -0.307 e. The van der Waals surface area contributed by atoms with E-state index in [-0.39, 0.29) is 5.54 Å². The molecule has 1 nitrogen and oxygen atoms in total. The molecular weight excluding hydrogens is 287 g/mol. The molecule has 4 heteroatoms. The molecule has 1 aromatic rings. The van der Waals surface area contributed by atoms with Crippen molar-refractivity contribution < 1.29 is 13.2 Å². The quantitative estimate of drug-likeness (QED) is 0.848. The van der Waals surface area contributed by atoms with Gasteiger partial charge in [0.15, 0.2) is 0 Å². The van der Waals surface area contributed by atoms with Crippen molar-refractivity contribution in [2.24, 2.45) is 17.8 Å². The van der Waals surface area contributed by atoms with E-state index in [1.54, 1.807) is 12.1 Å². The highest BCUT2D eigenvalue weighted by molar-refractivity contribution is 5.29. The van der Waals surface area contributed by atoms with E-state index in [0.717, 1.165) is 37.0 Å². The summed E-state index contributed by atoms with van der Waals surface area (Å²) in [6.45, 7) is 0.335. The molecule has 5 rings (SSSR count). The zero-order chi connectivity index (χ0) is 15.4. The van der Waals surface area contributed by atoms with Crippen LogP contribution in [0.15, 0.2) is 24.3 Å². The van der Waals surface area contributed by atoms with E-state index >= 15 is 0 Å². The molecule has 0 aromatic heterocycles. The fourth-order valence-electron chi connectivity index (χ4n) is 5.56. The second-order valence-electron chi connectivity index (χ2n) is 7.71. The highest BCUT2D eigenvalue weighted by atomic mass is 19.4. The largest absolute Gasteiger partial charge is 0.416 e. The predicted octanol–water partition coefficient (Wildman–Crippen LogP) is 4.76. The minimum absolute atomic E-state index is 0.105. The average molecular weight is 309 g/mol. The first-order chi connectivity index (χ1) is 10.4. The molecular formula is C18H22F3N. The molecule has 1 aromatic carbocycles. The molecule has 0 spiro atoms. The third kappa shape index (κ3) is 2.55. The zero-order valence-corrected chi connectivity index (χ0v) is 12.6. The monoisotopic (exact) mass is 309 g/mol. The van der Waals surface area contributed by atoms with Crippen molar-refractivity contribution in [1.29, 1.82) is 0 Å². The van der Waals surface area contributed by atoms with Gasteiger partial charge in [0.25, 0.3) is 0 Å². The van der Waals surface area contributed by atoms with Crippen LogP contribution in [0.5, 0.6) is 0 Å². The van der Waals surface area contributed by atoms with Gasteiger partial charge < -0.3 is 5.32 Å². The molecule has 0 amide bonds. The first-order valence-electron chi connectivity index (χ1n) is 8.34. The third-order valence-electron chi connectivity index (χ3n) is 6.01. The standard InChI is InChI=1S/C18H22F3N/c19-18(20,21)16-4-2-1-3-15(16)11-22-17-8-12-5-13(9-17)7-14(6-12)10-17/h1-4,12-14,22H,5-11H2. The van der Waals surface area contributed by atoms with Crippen LogP contribution in [0.25, 0.3) is 0 Å². The summed E-state index contributed by atoms with van der Waals surface area (Å²) in [6, 6.07) is 5.97. The maximum atomic E-state index is 13.1. The Morgan fingerprint density at radius 1 is 0.955 bits per heavy atom. The van der Waals surface area contributed by atoms with Crippen molar-refractivity contribution in [2.75, 3.05) is 0 Å². The molecule has 22 heavy (non-hydrogen) atoms. The van der Waals surface area contributed by atoms with Crippen LogP contribution in [0.4, 0.5) is 13.2 Å². The van der Waals surface area contributed by atoms with Gasteiger partial charge in [-0.05, 0) is 67.9 Å². The Kier molecular flexibility index (Phi) is 3.30. The average Bonchev–Trinajstić information content (AvgIpc) is 2.43. The number of hydrogen-bond donors (Lipinski definition) is 1. The molecule has 1 N–H and O–H groups in total. The van der Waals surface area contributed by atoms with Crippen LogP contribution >= 0.6 is 0 Å². The summed E-state index contributed by atoms with van der Waals surface area (Å²) in [5.74, 6) is 2.41. The third-order valence-corrected chi connectivity index (χ3v) is 6.01. The van der Waals surface area contributed by atoms with Crippen molar-refractivity contribution in [1.82, 2.24) is 5.32 Å². The SMILES string of the molecule is FC(F)(F)c1ccccc1CNC12CC3CC(CC(C3)C1)C2. The van der Waals surface area contributed by atoms with Crippen LogP contribution in [0.2, 0.25) is 0 Å². The van der Waals surface area contributed by atoms with Gasteiger partial charge in [0.1, 0.15) is 0 Å². The first kappa shape index (κ1) is 14.6. The molecule has 0 saturated heterocycles. The van der Waals surface area contributed by atoms with Crippen molar-refractivity contribution in [2.45, 2.75) is 56.8 Å². The Labute approximate surface area is 129 Å². The topological polar surface area (TPSA) is 12.0 Å². The number of nitrogens with one attached hydrogen (secondary N) is 1. The summed E-state index contributed by atoms with van der Waals surface area (Å²) < 4.78 is 39.3. The molecule has 0 heterocycles. The first-order valence-corrected chi connectivity index (χ1v) is 8.34. The number of benzene rings is 1. The molecule has 4 saturated carbocycles. The van der Waals surface area contributed by atoms with Gasteiger partial charge in [-0.1, -0.05) is 18.2 Å². The van der Waals surface area contributed by atoms with Gasteiger partial charge in [-0.3, -0.25) is 0 Å². The van der Waals surface area contributed by atoms with E-state index in [2.05, 4.69) is 5.32 Å². The van der Waals surface area contributed by atoms with Crippen molar-refractivity contribution in [3.05, 3.63) is 35.4 Å². The normalized spacial score (nSPS) is 36.8. The predicted molar refractivity (Wildman–Crippen MR) is 79.2 cm³/mol. The number of halogens is 3. The summed E-state index contributed by atoms with van der Waals surface area (Å²) in [5.41, 5.74) is -0.00836. The van der Waals surface area contributed by atoms with Gasteiger partial charge in [0.2, 0.25) is 0 Å². The van der Waals surface area contributed by atoms with E-state index in [1.165, 1.54) is 31.4 Å². The fourth-order valence-corrected chi connectivity index (χ4v) is 5.56. The molecule has 0 atom stereocenters. The van der Waals surface area contributed by atoms with E-state index < -0.39 is 11.7 Å². The van der Waals surface area contributed by atoms with Gasteiger partial charge >= 0.3 is 6.18 Å². The highest BCUT2D eigenvalue weighted by Crippen LogP contribution is 2.55. The summed E-state index contributed by atoms with van der Waals surface area (Å²) in [5, 5.41) is 3.56. The van der Waals surface area contributed by atoms with E-state index in [4.69, 9.17) is 0 Å². The highest BCUT2D eigenvalue weighted by Gasteiger charge is 2.50. The molecule has 4 aliphatic rings. The summed E-state index contributed by atoms with van der Waals surface area (Å²) in [7, 11) is 0. The lowest BCUT2D eigenvalue weighted by Gasteiger charge is -2.57. The molecule has 120 valence electrons. The number of alkyl halides is 3. The van der Waals surface area contributed by atoms with Crippen LogP contribution in [-0.2, 0) is 12.7 Å². The Balaban J connectivity index is 1.52. The molecule has 4 aliphatic carbocycles. The molecule has 0 radical (unpaired) electrons. The molecule has 0 aliphatic heterocycles. The lowest BCUT2D eigenvalue weighted by molar-refractivity contribution is -0.138. The smallest absolute Gasteiger partial charge is 0.307 e. The van der Waals surface area contributed by atoms with Gasteiger partial charge in [-0.25, -0.2) is 0 Å². The second-order valence-corrected chi connectivity index (χ2v) is 7.71. The Morgan fingerprint density at radius 3 is 2.05 bits per heavy atom. The van der Waals surface area contributed by atoms with Crippen LogP contribution in [0, 0.1) is 17.8 Å². The Hall–Kier alpha value is -1.03. The fraction of sp³-hybridized carbons (Fsp3) is 0.667. The van der Waals surface area contributed by atoms with Crippen LogP contribution < -0.4 is 5.32 Å². The van der Waals surface area contributed by atoms with Crippen LogP contribution in [0.1, 0.15) is 49.7 Å². The summed E-state index contributed by atoms with van der Waals surface area (Å²) in [4.78, 5) is 0. The van der Waals surface area contributed by atoms with Crippen LogP contribution in [0.3, 0.4) is 0 Å². The maximum Gasteiger partial charge on any atom is 0.416 e. The lowest BCUT2D eigenvalue weighted by atomic mass is 9.53. The zero-order valence-electron chi connectivity index (χ0n) is 12.6. The second kappa shape index (κ2) is 4.98.